The van der Waals surface area contributed by atoms with Gasteiger partial charge in [0, 0.05) is 34.1 Å². The van der Waals surface area contributed by atoms with Crippen molar-refractivity contribution in [2.45, 2.75) is 25.3 Å². The Hall–Kier alpha value is -3.97. The Kier molecular flexibility index (Phi) is 5.86. The van der Waals surface area contributed by atoms with Gasteiger partial charge in [0.2, 0.25) is 6.20 Å². The summed E-state index contributed by atoms with van der Waals surface area (Å²) in [5.41, 5.74) is 2.77. The van der Waals surface area contributed by atoms with Crippen molar-refractivity contribution in [3.8, 4) is 34.2 Å². The van der Waals surface area contributed by atoms with Gasteiger partial charge < -0.3 is 4.74 Å². The van der Waals surface area contributed by atoms with Gasteiger partial charge in [-0.25, -0.2) is 4.68 Å². The number of hydrogen-bond acceptors (Lipinski definition) is 6. The van der Waals surface area contributed by atoms with Gasteiger partial charge in [0.25, 0.3) is 11.6 Å². The Morgan fingerprint density at radius 3 is 2.80 bits per heavy atom. The first-order valence-electron chi connectivity index (χ1n) is 11.0. The summed E-state index contributed by atoms with van der Waals surface area (Å²) in [6.07, 6.45) is 7.71. The van der Waals surface area contributed by atoms with Crippen molar-refractivity contribution in [1.29, 1.82) is 5.26 Å². The average Bonchev–Trinajstić information content (AvgIpc) is 3.44. The van der Waals surface area contributed by atoms with E-state index in [4.69, 9.17) is 16.3 Å². The largest absolute Gasteiger partial charge is 0.496 e. The van der Waals surface area contributed by atoms with Crippen molar-refractivity contribution in [2.24, 2.45) is 13.0 Å². The maximum Gasteiger partial charge on any atom is 0.262 e. The molecule has 0 amide bonds. The molecule has 1 fully saturated rings. The molecule has 9 nitrogen and oxygen atoms in total. The molecule has 1 atom stereocenters. The zero-order valence-electron chi connectivity index (χ0n) is 19.1. The molecule has 1 aliphatic carbocycles. The van der Waals surface area contributed by atoms with Crippen LogP contribution in [-0.4, -0.2) is 37.1 Å². The molecule has 0 unspecified atom stereocenters. The molecule has 1 aliphatic rings. The quantitative estimate of drug-likeness (QED) is 0.308. The lowest BCUT2D eigenvalue weighted by atomic mass is 9.99. The number of rotatable bonds is 7. The SMILES string of the molecule is COc1cc([C@@H](CC2CC2)n2cc(-c3c(F)nnn3C)cn2)[n+](O)cc1-c1cc(Cl)ccc1C#N. The molecule has 35 heavy (non-hydrogen) atoms. The van der Waals surface area contributed by atoms with E-state index in [-0.39, 0.29) is 11.7 Å². The lowest BCUT2D eigenvalue weighted by molar-refractivity contribution is -0.910. The van der Waals surface area contributed by atoms with E-state index in [2.05, 4.69) is 21.5 Å². The molecule has 4 aromatic rings. The van der Waals surface area contributed by atoms with Crippen molar-refractivity contribution in [2.75, 3.05) is 7.11 Å². The lowest BCUT2D eigenvalue weighted by Gasteiger charge is -2.16. The summed E-state index contributed by atoms with van der Waals surface area (Å²) in [7, 11) is 3.14. The van der Waals surface area contributed by atoms with Crippen LogP contribution in [0.4, 0.5) is 4.39 Å². The van der Waals surface area contributed by atoms with Crippen LogP contribution in [0.15, 0.2) is 42.9 Å². The van der Waals surface area contributed by atoms with E-state index >= 15 is 0 Å². The van der Waals surface area contributed by atoms with Crippen LogP contribution in [0.25, 0.3) is 22.4 Å². The van der Waals surface area contributed by atoms with Gasteiger partial charge in [0.15, 0.2) is 0 Å². The monoisotopic (exact) mass is 494 g/mol. The predicted octanol–water partition coefficient (Wildman–Crippen LogP) is 3.93. The van der Waals surface area contributed by atoms with E-state index in [9.17, 15) is 14.9 Å². The van der Waals surface area contributed by atoms with Crippen LogP contribution in [-0.2, 0) is 7.05 Å². The Morgan fingerprint density at radius 2 is 2.14 bits per heavy atom. The first-order chi connectivity index (χ1) is 16.9. The minimum absolute atomic E-state index is 0.233. The number of pyridine rings is 1. The second-order valence-corrected chi connectivity index (χ2v) is 9.02. The Balaban J connectivity index is 1.60. The Labute approximate surface area is 205 Å². The van der Waals surface area contributed by atoms with Crippen LogP contribution in [0.2, 0.25) is 5.02 Å². The van der Waals surface area contributed by atoms with Crippen molar-refractivity contribution in [3.63, 3.8) is 0 Å². The van der Waals surface area contributed by atoms with Gasteiger partial charge in [-0.2, -0.15) is 14.8 Å². The molecule has 3 aromatic heterocycles. The number of methoxy groups -OCH3 is 1. The van der Waals surface area contributed by atoms with E-state index in [0.717, 1.165) is 24.0 Å². The van der Waals surface area contributed by atoms with Gasteiger partial charge in [0.1, 0.15) is 17.5 Å². The molecule has 1 N–H and O–H groups in total. The van der Waals surface area contributed by atoms with Crippen LogP contribution in [0.5, 0.6) is 5.75 Å². The van der Waals surface area contributed by atoms with Gasteiger partial charge in [-0.15, -0.1) is 0 Å². The fourth-order valence-electron chi connectivity index (χ4n) is 4.30. The van der Waals surface area contributed by atoms with E-state index < -0.39 is 5.95 Å². The third-order valence-corrected chi connectivity index (χ3v) is 6.48. The van der Waals surface area contributed by atoms with E-state index in [1.165, 1.54) is 18.0 Å². The van der Waals surface area contributed by atoms with Crippen molar-refractivity contribution in [1.82, 2.24) is 24.8 Å². The Bertz CT molecular complexity index is 1440. The molecule has 178 valence electrons. The van der Waals surface area contributed by atoms with Crippen LogP contribution >= 0.6 is 11.6 Å². The predicted molar refractivity (Wildman–Crippen MR) is 123 cm³/mol. The molecule has 11 heteroatoms. The zero-order valence-corrected chi connectivity index (χ0v) is 19.8. The molecule has 5 rings (SSSR count). The summed E-state index contributed by atoms with van der Waals surface area (Å²) in [4.78, 5) is 0. The number of hydrogen-bond donors (Lipinski definition) is 1. The van der Waals surface area contributed by atoms with Gasteiger partial charge in [-0.05, 0) is 30.5 Å². The number of halogens is 2. The molecule has 0 saturated heterocycles. The number of aromatic nitrogens is 6. The van der Waals surface area contributed by atoms with E-state index in [1.54, 1.807) is 48.4 Å². The van der Waals surface area contributed by atoms with Crippen LogP contribution in [0.3, 0.4) is 0 Å². The van der Waals surface area contributed by atoms with Crippen LogP contribution in [0, 0.1) is 23.2 Å². The maximum atomic E-state index is 14.2. The fraction of sp³-hybridized carbons (Fsp3) is 0.292. The van der Waals surface area contributed by atoms with Crippen molar-refractivity contribution < 1.29 is 19.1 Å². The van der Waals surface area contributed by atoms with Crippen molar-refractivity contribution >= 4 is 11.6 Å². The molecular weight excluding hydrogens is 473 g/mol. The molecule has 0 spiro atoms. The Morgan fingerprint density at radius 1 is 1.34 bits per heavy atom. The highest BCUT2D eigenvalue weighted by Crippen LogP contribution is 2.41. The second-order valence-electron chi connectivity index (χ2n) is 8.58. The first kappa shape index (κ1) is 22.8. The highest BCUT2D eigenvalue weighted by atomic mass is 35.5. The summed E-state index contributed by atoms with van der Waals surface area (Å²) in [6.45, 7) is 0. The normalized spacial score (nSPS) is 14.0. The third-order valence-electron chi connectivity index (χ3n) is 6.25. The number of benzene rings is 1. The van der Waals surface area contributed by atoms with Gasteiger partial charge in [-0.1, -0.05) is 34.8 Å². The summed E-state index contributed by atoms with van der Waals surface area (Å²) in [5, 5.41) is 32.8. The standard InChI is InChI=1S/C24H22ClFN7O2/c1-31-23(24(26)29-30-31)16-11-28-32(12-16)20(7-14-3-4-14)21-9-22(35-2)19(13-33(21)34)18-8-17(25)6-5-15(18)10-27/h5-6,8-9,11-14,20,34H,3-4,7H2,1-2H3/q+1/t20-/m1/s1. The molecule has 0 radical (unpaired) electrons. The number of ether oxygens (including phenoxy) is 1. The number of aryl methyl sites for hydroxylation is 1. The summed E-state index contributed by atoms with van der Waals surface area (Å²) < 4.78 is 23.9. The van der Waals surface area contributed by atoms with Gasteiger partial charge in [0.05, 0.1) is 36.6 Å². The highest BCUT2D eigenvalue weighted by Gasteiger charge is 2.35. The maximum absolute atomic E-state index is 14.2. The van der Waals surface area contributed by atoms with Crippen LogP contribution in [0.1, 0.15) is 36.6 Å². The molecule has 0 bridgehead atoms. The van der Waals surface area contributed by atoms with Crippen LogP contribution < -0.4 is 9.47 Å². The van der Waals surface area contributed by atoms with Gasteiger partial charge >= 0.3 is 0 Å². The molecule has 0 aliphatic heterocycles. The van der Waals surface area contributed by atoms with E-state index in [0.29, 0.717) is 44.6 Å². The summed E-state index contributed by atoms with van der Waals surface area (Å²) >= 11 is 6.18. The molecular formula is C24H22ClFN7O2+. The van der Waals surface area contributed by atoms with E-state index in [1.807, 2.05) is 0 Å². The summed E-state index contributed by atoms with van der Waals surface area (Å²) in [6, 6.07) is 8.47. The molecule has 3 heterocycles. The number of nitriles is 1. The zero-order chi connectivity index (χ0) is 24.7. The topological polar surface area (TPSA) is 106 Å². The minimum Gasteiger partial charge on any atom is -0.496 e. The second kappa shape index (κ2) is 9.00. The average molecular weight is 495 g/mol. The highest BCUT2D eigenvalue weighted by molar-refractivity contribution is 6.31. The first-order valence-corrected chi connectivity index (χ1v) is 11.4. The third kappa shape index (κ3) is 4.31. The fourth-order valence-corrected chi connectivity index (χ4v) is 4.47. The number of nitrogens with zero attached hydrogens (tertiary/aromatic N) is 7. The molecule has 1 aromatic carbocycles. The minimum atomic E-state index is -0.677. The lowest BCUT2D eigenvalue weighted by Crippen LogP contribution is -2.38. The smallest absolute Gasteiger partial charge is 0.262 e. The van der Waals surface area contributed by atoms with Gasteiger partial charge in [-0.3, -0.25) is 9.89 Å². The summed E-state index contributed by atoms with van der Waals surface area (Å²) in [5.74, 6) is 0.287. The van der Waals surface area contributed by atoms with Crippen molar-refractivity contribution in [3.05, 3.63) is 65.1 Å². The molecule has 1 saturated carbocycles.